The number of benzene rings is 2. The first-order chi connectivity index (χ1) is 15.6. The lowest BCUT2D eigenvalue weighted by Gasteiger charge is -2.17. The Balaban J connectivity index is 1.18. The molecule has 6 nitrogen and oxygen atoms in total. The van der Waals surface area contributed by atoms with Gasteiger partial charge in [0.25, 0.3) is 0 Å². The summed E-state index contributed by atoms with van der Waals surface area (Å²) in [6, 6.07) is 14.6. The van der Waals surface area contributed by atoms with Crippen molar-refractivity contribution in [1.82, 2.24) is 15.5 Å². The molecule has 170 valence electrons. The highest BCUT2D eigenvalue weighted by Crippen LogP contribution is 2.30. The standard InChI is InChI=1S/C26H34N4O2/c1-19-9-12-21(24(14-19)32-18-20-10-11-20)15-29-26(27-2)28-13-5-8-25(31)30-16-22-6-3-4-7-23(22)17-30/h3-4,6-7,9,12,14,20H,5,8,10-11,13,15-18H2,1-2H3,(H2,27,28,29). The maximum Gasteiger partial charge on any atom is 0.223 e. The van der Waals surface area contributed by atoms with E-state index in [0.29, 0.717) is 19.5 Å². The largest absolute Gasteiger partial charge is 0.493 e. The van der Waals surface area contributed by atoms with Crippen LogP contribution in [0.1, 0.15) is 47.9 Å². The Hall–Kier alpha value is -3.02. The van der Waals surface area contributed by atoms with Gasteiger partial charge in [0.15, 0.2) is 5.96 Å². The molecule has 1 amide bonds. The van der Waals surface area contributed by atoms with E-state index in [-0.39, 0.29) is 5.91 Å². The molecule has 2 aromatic carbocycles. The molecule has 0 atom stereocenters. The number of fused-ring (bicyclic) bond motifs is 1. The summed E-state index contributed by atoms with van der Waals surface area (Å²) in [5.74, 6) is 2.63. The number of hydrogen-bond donors (Lipinski definition) is 2. The van der Waals surface area contributed by atoms with E-state index < -0.39 is 0 Å². The minimum absolute atomic E-state index is 0.211. The van der Waals surface area contributed by atoms with Crippen LogP contribution in [0.25, 0.3) is 0 Å². The quantitative estimate of drug-likeness (QED) is 0.358. The highest BCUT2D eigenvalue weighted by molar-refractivity contribution is 5.80. The molecule has 1 heterocycles. The van der Waals surface area contributed by atoms with Gasteiger partial charge in [0, 0.05) is 45.2 Å². The minimum atomic E-state index is 0.211. The number of hydrogen-bond acceptors (Lipinski definition) is 3. The summed E-state index contributed by atoms with van der Waals surface area (Å²) < 4.78 is 6.06. The normalized spacial score (nSPS) is 15.4. The molecule has 2 aromatic rings. The first-order valence-corrected chi connectivity index (χ1v) is 11.6. The average molecular weight is 435 g/mol. The van der Waals surface area contributed by atoms with Gasteiger partial charge in [-0.25, -0.2) is 0 Å². The number of aliphatic imine (C=N–C) groups is 1. The van der Waals surface area contributed by atoms with Gasteiger partial charge in [-0.05, 0) is 54.9 Å². The zero-order valence-electron chi connectivity index (χ0n) is 19.2. The van der Waals surface area contributed by atoms with Crippen molar-refractivity contribution in [2.75, 3.05) is 20.2 Å². The second-order valence-electron chi connectivity index (χ2n) is 8.84. The van der Waals surface area contributed by atoms with Crippen LogP contribution >= 0.6 is 0 Å². The number of nitrogens with one attached hydrogen (secondary N) is 2. The van der Waals surface area contributed by atoms with E-state index in [1.807, 2.05) is 17.0 Å². The van der Waals surface area contributed by atoms with Crippen molar-refractivity contribution in [3.63, 3.8) is 0 Å². The maximum atomic E-state index is 12.6. The predicted octanol–water partition coefficient (Wildman–Crippen LogP) is 3.77. The average Bonchev–Trinajstić information content (AvgIpc) is 3.53. The van der Waals surface area contributed by atoms with Gasteiger partial charge in [-0.1, -0.05) is 36.4 Å². The van der Waals surface area contributed by atoms with Gasteiger partial charge >= 0.3 is 0 Å². The third kappa shape index (κ3) is 6.02. The monoisotopic (exact) mass is 434 g/mol. The fraction of sp³-hybridized carbons (Fsp3) is 0.462. The Morgan fingerprint density at radius 1 is 1.12 bits per heavy atom. The van der Waals surface area contributed by atoms with Gasteiger partial charge in [-0.15, -0.1) is 0 Å². The number of carbonyl (C=O) groups is 1. The predicted molar refractivity (Wildman–Crippen MR) is 128 cm³/mol. The molecular weight excluding hydrogens is 400 g/mol. The van der Waals surface area contributed by atoms with E-state index in [2.05, 4.69) is 52.9 Å². The van der Waals surface area contributed by atoms with E-state index >= 15 is 0 Å². The highest BCUT2D eigenvalue weighted by Gasteiger charge is 2.23. The van der Waals surface area contributed by atoms with Gasteiger partial charge in [-0.2, -0.15) is 0 Å². The topological polar surface area (TPSA) is 66.0 Å². The number of rotatable bonds is 9. The third-order valence-electron chi connectivity index (χ3n) is 6.12. The Morgan fingerprint density at radius 2 is 1.88 bits per heavy atom. The van der Waals surface area contributed by atoms with Gasteiger partial charge in [0.2, 0.25) is 5.91 Å². The maximum absolute atomic E-state index is 12.6. The molecule has 2 aliphatic rings. The molecule has 0 aromatic heterocycles. The molecule has 1 aliphatic heterocycles. The summed E-state index contributed by atoms with van der Waals surface area (Å²) in [4.78, 5) is 18.8. The lowest BCUT2D eigenvalue weighted by Crippen LogP contribution is -2.37. The number of nitrogens with zero attached hydrogens (tertiary/aromatic N) is 2. The van der Waals surface area contributed by atoms with Crippen LogP contribution in [-0.2, 0) is 24.4 Å². The molecule has 4 rings (SSSR count). The van der Waals surface area contributed by atoms with Crippen LogP contribution in [0.3, 0.4) is 0 Å². The summed E-state index contributed by atoms with van der Waals surface area (Å²) in [6.07, 6.45) is 3.87. The molecule has 0 saturated heterocycles. The Bertz CT molecular complexity index is 943. The SMILES string of the molecule is CN=C(NCCCC(=O)N1Cc2ccccc2C1)NCc1ccc(C)cc1OCC1CC1. The molecule has 0 unspecified atom stereocenters. The van der Waals surface area contributed by atoms with Crippen LogP contribution in [0.15, 0.2) is 47.5 Å². The molecule has 32 heavy (non-hydrogen) atoms. The van der Waals surface area contributed by atoms with Crippen LogP contribution in [-0.4, -0.2) is 37.0 Å². The number of aryl methyl sites for hydroxylation is 1. The molecular formula is C26H34N4O2. The molecule has 1 fully saturated rings. The van der Waals surface area contributed by atoms with Crippen LogP contribution in [0, 0.1) is 12.8 Å². The van der Waals surface area contributed by atoms with Crippen LogP contribution < -0.4 is 15.4 Å². The Morgan fingerprint density at radius 3 is 2.56 bits per heavy atom. The van der Waals surface area contributed by atoms with Crippen molar-refractivity contribution < 1.29 is 9.53 Å². The first-order valence-electron chi connectivity index (χ1n) is 11.6. The summed E-state index contributed by atoms with van der Waals surface area (Å²) in [5, 5.41) is 6.69. The molecule has 2 N–H and O–H groups in total. The summed E-state index contributed by atoms with van der Waals surface area (Å²) in [7, 11) is 1.77. The second kappa shape index (κ2) is 10.5. The highest BCUT2D eigenvalue weighted by atomic mass is 16.5. The van der Waals surface area contributed by atoms with E-state index in [1.165, 1.54) is 29.5 Å². The number of amides is 1. The number of guanidine groups is 1. The van der Waals surface area contributed by atoms with Crippen molar-refractivity contribution in [2.24, 2.45) is 10.9 Å². The van der Waals surface area contributed by atoms with Crippen molar-refractivity contribution in [3.8, 4) is 5.75 Å². The lowest BCUT2D eigenvalue weighted by atomic mass is 10.1. The Kier molecular flexibility index (Phi) is 7.30. The van der Waals surface area contributed by atoms with Gasteiger partial charge in [0.05, 0.1) is 6.61 Å². The Labute approximate surface area is 191 Å². The molecule has 1 saturated carbocycles. The van der Waals surface area contributed by atoms with Crippen LogP contribution in [0.4, 0.5) is 0 Å². The van der Waals surface area contributed by atoms with Crippen molar-refractivity contribution in [2.45, 2.75) is 52.2 Å². The smallest absolute Gasteiger partial charge is 0.223 e. The molecule has 0 spiro atoms. The van der Waals surface area contributed by atoms with Crippen LogP contribution in [0.5, 0.6) is 5.75 Å². The van der Waals surface area contributed by atoms with E-state index in [1.54, 1.807) is 7.05 Å². The van der Waals surface area contributed by atoms with Crippen molar-refractivity contribution >= 4 is 11.9 Å². The zero-order chi connectivity index (χ0) is 22.3. The molecule has 0 bridgehead atoms. The van der Waals surface area contributed by atoms with Crippen LogP contribution in [0.2, 0.25) is 0 Å². The van der Waals surface area contributed by atoms with E-state index in [4.69, 9.17) is 4.74 Å². The second-order valence-corrected chi connectivity index (χ2v) is 8.84. The fourth-order valence-corrected chi connectivity index (χ4v) is 3.95. The van der Waals surface area contributed by atoms with Gasteiger partial charge in [-0.3, -0.25) is 9.79 Å². The third-order valence-corrected chi connectivity index (χ3v) is 6.12. The zero-order valence-corrected chi connectivity index (χ0v) is 19.2. The number of carbonyl (C=O) groups excluding carboxylic acids is 1. The van der Waals surface area contributed by atoms with Crippen molar-refractivity contribution in [3.05, 3.63) is 64.7 Å². The van der Waals surface area contributed by atoms with Crippen molar-refractivity contribution in [1.29, 1.82) is 0 Å². The molecule has 6 heteroatoms. The fourth-order valence-electron chi connectivity index (χ4n) is 3.95. The van der Waals surface area contributed by atoms with Gasteiger partial charge in [0.1, 0.15) is 5.75 Å². The summed E-state index contributed by atoms with van der Waals surface area (Å²) in [6.45, 7) is 5.69. The van der Waals surface area contributed by atoms with E-state index in [0.717, 1.165) is 49.3 Å². The summed E-state index contributed by atoms with van der Waals surface area (Å²) in [5.41, 5.74) is 4.86. The minimum Gasteiger partial charge on any atom is -0.493 e. The van der Waals surface area contributed by atoms with E-state index in [9.17, 15) is 4.79 Å². The molecule has 0 radical (unpaired) electrons. The summed E-state index contributed by atoms with van der Waals surface area (Å²) >= 11 is 0. The first kappa shape index (κ1) is 22.2. The van der Waals surface area contributed by atoms with Gasteiger partial charge < -0.3 is 20.3 Å². The molecule has 1 aliphatic carbocycles. The lowest BCUT2D eigenvalue weighted by molar-refractivity contribution is -0.131. The number of ether oxygens (including phenoxy) is 1.